The molecule has 0 aliphatic rings. The summed E-state index contributed by atoms with van der Waals surface area (Å²) in [5, 5.41) is -0.802. The summed E-state index contributed by atoms with van der Waals surface area (Å²) in [4.78, 5) is -2.34. The van der Waals surface area contributed by atoms with E-state index in [2.05, 4.69) is 0 Å². The summed E-state index contributed by atoms with van der Waals surface area (Å²) >= 11 is 11.2. The average molecular weight is 487 g/mol. The summed E-state index contributed by atoms with van der Waals surface area (Å²) < 4.78 is 92.1. The molecule has 0 atom stereocenters. The molecule has 0 spiro atoms. The van der Waals surface area contributed by atoms with Crippen molar-refractivity contribution in [2.75, 3.05) is 0 Å². The molecule has 2 aromatic carbocycles. The molecule has 2 rings (SSSR count). The predicted molar refractivity (Wildman–Crippen MR) is 97.5 cm³/mol. The molecule has 0 saturated carbocycles. The Morgan fingerprint density at radius 1 is 0.741 bits per heavy atom. The van der Waals surface area contributed by atoms with Gasteiger partial charge in [-0.15, -0.1) is 0 Å². The first kappa shape index (κ1) is 24.6. The third-order valence-electron chi connectivity index (χ3n) is 2.86. The van der Waals surface area contributed by atoms with E-state index in [1.165, 1.54) is 0 Å². The molecule has 144 valence electrons. The zero-order valence-corrected chi connectivity index (χ0v) is 16.2. The Morgan fingerprint density at radius 2 is 1.19 bits per heavy atom. The van der Waals surface area contributed by atoms with Crippen molar-refractivity contribution >= 4 is 83.1 Å². The summed E-state index contributed by atoms with van der Waals surface area (Å²) in [5.41, 5.74) is 0. The predicted octanol–water partition coefficient (Wildman–Crippen LogP) is 1.61. The van der Waals surface area contributed by atoms with E-state index in [0.717, 1.165) is 24.3 Å². The molecule has 9 nitrogen and oxygen atoms in total. The van der Waals surface area contributed by atoms with E-state index in [1.807, 2.05) is 0 Å². The van der Waals surface area contributed by atoms with Crippen molar-refractivity contribution in [2.24, 2.45) is 0 Å². The van der Waals surface area contributed by atoms with Crippen molar-refractivity contribution in [3.8, 4) is 5.75 Å². The third-order valence-corrected chi connectivity index (χ3v) is 6.77. The minimum atomic E-state index is -4.80. The van der Waals surface area contributed by atoms with Crippen molar-refractivity contribution in [1.82, 2.24) is 0 Å². The van der Waals surface area contributed by atoms with Gasteiger partial charge in [-0.1, -0.05) is 23.2 Å². The number of halogens is 2. The molecule has 0 fully saturated rings. The summed E-state index contributed by atoms with van der Waals surface area (Å²) in [5.74, 6) is -0.523. The van der Waals surface area contributed by atoms with Crippen LogP contribution in [0.15, 0.2) is 51.1 Å². The Morgan fingerprint density at radius 3 is 1.67 bits per heavy atom. The molecule has 0 aliphatic heterocycles. The molecule has 0 unspecified atom stereocenters. The zero-order chi connectivity index (χ0) is 19.9. The average Bonchev–Trinajstić information content (AvgIpc) is 2.47. The number of rotatable bonds is 5. The van der Waals surface area contributed by atoms with E-state index in [4.69, 9.17) is 36.5 Å². The molecule has 0 aliphatic carbocycles. The van der Waals surface area contributed by atoms with Crippen LogP contribution < -0.4 is 4.18 Å². The summed E-state index contributed by atoms with van der Waals surface area (Å²) in [6, 6.07) is 5.02. The third kappa shape index (κ3) is 6.03. The van der Waals surface area contributed by atoms with E-state index >= 15 is 0 Å². The van der Waals surface area contributed by atoms with Crippen LogP contribution in [0.4, 0.5) is 0 Å². The molecule has 0 aromatic heterocycles. The normalized spacial score (nSPS) is 12.3. The minimum absolute atomic E-state index is 0. The van der Waals surface area contributed by atoms with Gasteiger partial charge in [0.25, 0.3) is 20.2 Å². The fraction of sp³-hybridized carbons (Fsp3) is 0. The Hall–Kier alpha value is -0.410. The molecule has 0 saturated heterocycles. The van der Waals surface area contributed by atoms with Crippen molar-refractivity contribution in [1.29, 1.82) is 0 Å². The second kappa shape index (κ2) is 8.53. The van der Waals surface area contributed by atoms with Crippen LogP contribution in [-0.4, -0.2) is 63.9 Å². The Labute approximate surface area is 187 Å². The second-order valence-corrected chi connectivity index (χ2v) is 9.81. The van der Waals surface area contributed by atoms with Gasteiger partial charge in [-0.05, 0) is 30.3 Å². The monoisotopic (exact) mass is 486 g/mol. The maximum absolute atomic E-state index is 12.3. The van der Waals surface area contributed by atoms with Gasteiger partial charge in [0.05, 0.1) is 10.0 Å². The molecule has 0 heterocycles. The van der Waals surface area contributed by atoms with Crippen molar-refractivity contribution < 1.29 is 38.5 Å². The van der Waals surface area contributed by atoms with Gasteiger partial charge in [-0.3, -0.25) is 9.11 Å². The number of hydrogen-bond acceptors (Lipinski definition) is 7. The van der Waals surface area contributed by atoms with Crippen LogP contribution >= 0.6 is 23.2 Å². The Balaban J connectivity index is 0.00000364. The van der Waals surface area contributed by atoms with E-state index in [0.29, 0.717) is 12.1 Å². The molecule has 0 bridgehead atoms. The van der Waals surface area contributed by atoms with Crippen LogP contribution in [0, 0.1) is 0 Å². The van der Waals surface area contributed by atoms with Gasteiger partial charge >= 0.3 is 39.7 Å². The first-order valence-electron chi connectivity index (χ1n) is 6.20. The molecule has 0 amide bonds. The molecule has 15 heteroatoms. The zero-order valence-electron chi connectivity index (χ0n) is 12.2. The van der Waals surface area contributed by atoms with Gasteiger partial charge < -0.3 is 4.18 Å². The summed E-state index contributed by atoms with van der Waals surface area (Å²) in [6.45, 7) is 0. The van der Waals surface area contributed by atoms with Crippen LogP contribution in [0.3, 0.4) is 0 Å². The van der Waals surface area contributed by atoms with Gasteiger partial charge in [0.15, 0.2) is 0 Å². The van der Waals surface area contributed by atoms with Gasteiger partial charge in [0.2, 0.25) is 0 Å². The maximum atomic E-state index is 12.3. The standard InChI is InChI=1S/C12H8Cl2O9S3.Na.H/c13-9-3-1-7(5-11(9)24(15,16)17)23-26(21,22)8-2-4-10(14)12(6-8)25(18,19)20;;/h1-6H,(H,15,16,17)(H,18,19,20);;. The molecule has 2 aromatic rings. The fourth-order valence-electron chi connectivity index (χ4n) is 1.74. The second-order valence-electron chi connectivity index (χ2n) is 4.67. The van der Waals surface area contributed by atoms with Crippen molar-refractivity contribution in [3.05, 3.63) is 46.4 Å². The molecular weight excluding hydrogens is 478 g/mol. The van der Waals surface area contributed by atoms with Crippen molar-refractivity contribution in [3.63, 3.8) is 0 Å². The fourth-order valence-corrected chi connectivity index (χ4v) is 4.76. The van der Waals surface area contributed by atoms with Crippen LogP contribution in [0.2, 0.25) is 10.0 Å². The van der Waals surface area contributed by atoms with Crippen LogP contribution in [-0.2, 0) is 30.4 Å². The SMILES string of the molecule is O=S(=O)(O)c1cc(OS(=O)(=O)c2ccc(Cl)c(S(=O)(=O)O)c2)ccc1Cl.[NaH]. The topological polar surface area (TPSA) is 152 Å². The van der Waals surface area contributed by atoms with E-state index in [-0.39, 0.29) is 34.6 Å². The quantitative estimate of drug-likeness (QED) is 0.364. The number of hydrogen-bond donors (Lipinski definition) is 2. The van der Waals surface area contributed by atoms with Crippen LogP contribution in [0.5, 0.6) is 5.75 Å². The number of benzene rings is 2. The molecule has 2 N–H and O–H groups in total. The Bertz CT molecular complexity index is 1190. The van der Waals surface area contributed by atoms with Crippen LogP contribution in [0.25, 0.3) is 0 Å². The first-order valence-corrected chi connectivity index (χ1v) is 11.2. The van der Waals surface area contributed by atoms with Crippen molar-refractivity contribution in [2.45, 2.75) is 14.7 Å². The van der Waals surface area contributed by atoms with Crippen LogP contribution in [0.1, 0.15) is 0 Å². The van der Waals surface area contributed by atoms with E-state index in [1.54, 1.807) is 0 Å². The molecular formula is C12H9Cl2NaO9S3. The van der Waals surface area contributed by atoms with Gasteiger partial charge in [0.1, 0.15) is 20.4 Å². The van der Waals surface area contributed by atoms with Gasteiger partial charge in [-0.2, -0.15) is 25.3 Å². The van der Waals surface area contributed by atoms with E-state index in [9.17, 15) is 25.3 Å². The Kier molecular flexibility index (Phi) is 7.78. The summed E-state index contributed by atoms with van der Waals surface area (Å²) in [6.07, 6.45) is 0. The van der Waals surface area contributed by atoms with Gasteiger partial charge in [0, 0.05) is 6.07 Å². The van der Waals surface area contributed by atoms with Gasteiger partial charge in [-0.25, -0.2) is 0 Å². The summed E-state index contributed by atoms with van der Waals surface area (Å²) in [7, 11) is -14.2. The van der Waals surface area contributed by atoms with E-state index < -0.39 is 55.8 Å². The first-order chi connectivity index (χ1) is 11.7. The molecule has 27 heavy (non-hydrogen) atoms. The molecule has 0 radical (unpaired) electrons.